The van der Waals surface area contributed by atoms with E-state index in [1.807, 2.05) is 0 Å². The van der Waals surface area contributed by atoms with Gasteiger partial charge in [-0.1, -0.05) is 24.3 Å². The summed E-state index contributed by atoms with van der Waals surface area (Å²) < 4.78 is 38.5. The smallest absolute Gasteiger partial charge is 0.434 e. The lowest BCUT2D eigenvalue weighted by molar-refractivity contribution is -0.385. The molecule has 0 saturated heterocycles. The number of ketones is 1. The van der Waals surface area contributed by atoms with Crippen molar-refractivity contribution >= 4 is 44.2 Å². The fourth-order valence-corrected chi connectivity index (χ4v) is 4.96. The van der Waals surface area contributed by atoms with Gasteiger partial charge < -0.3 is 9.15 Å². The first-order valence-corrected chi connectivity index (χ1v) is 11.6. The highest BCUT2D eigenvalue weighted by atomic mass is 32.2. The Balaban J connectivity index is 1.90. The summed E-state index contributed by atoms with van der Waals surface area (Å²) in [5.74, 6) is 0.115. The monoisotopic (exact) mass is 494 g/mol. The van der Waals surface area contributed by atoms with Gasteiger partial charge in [0.05, 0.1) is 21.1 Å². The van der Waals surface area contributed by atoms with Crippen LogP contribution < -0.4 is 9.04 Å². The Hall–Kier alpha value is -4.51. The van der Waals surface area contributed by atoms with Crippen molar-refractivity contribution in [3.8, 4) is 5.75 Å². The molecule has 0 aliphatic rings. The molecule has 3 aromatic carbocycles. The minimum Gasteiger partial charge on any atom is -0.461 e. The third-order valence-electron chi connectivity index (χ3n) is 5.12. The van der Waals surface area contributed by atoms with Crippen molar-refractivity contribution in [3.63, 3.8) is 0 Å². The standard InChI is InChI=1S/C24H18N2O8S/c1-15(27)23-16(2)33-22-12-11-17(14-21(22)23)25(24(28)34-19-8-4-3-5-9-19)35(31,32)20-10-6-7-18(13-20)26(29)30/h3-14H,1-2H3. The molecule has 4 rings (SSSR count). The molecule has 0 N–H and O–H groups in total. The second kappa shape index (κ2) is 9.03. The van der Waals surface area contributed by atoms with Crippen molar-refractivity contribution in [2.24, 2.45) is 0 Å². The number of rotatable bonds is 6. The summed E-state index contributed by atoms with van der Waals surface area (Å²) in [6.07, 6.45) is -1.27. The van der Waals surface area contributed by atoms with E-state index in [0.717, 1.165) is 18.2 Å². The summed E-state index contributed by atoms with van der Waals surface area (Å²) in [4.78, 5) is 35.4. The van der Waals surface area contributed by atoms with E-state index in [0.29, 0.717) is 21.0 Å². The van der Waals surface area contributed by atoms with E-state index in [9.17, 15) is 28.1 Å². The van der Waals surface area contributed by atoms with Crippen molar-refractivity contribution < 1.29 is 32.1 Å². The Bertz CT molecular complexity index is 1580. The Labute approximate surface area is 199 Å². The van der Waals surface area contributed by atoms with Gasteiger partial charge in [0, 0.05) is 17.5 Å². The topological polar surface area (TPSA) is 137 Å². The number of hydrogen-bond donors (Lipinski definition) is 0. The molecular weight excluding hydrogens is 476 g/mol. The Morgan fingerprint density at radius 1 is 1.00 bits per heavy atom. The molecule has 0 aliphatic carbocycles. The fourth-order valence-electron chi connectivity index (χ4n) is 3.61. The molecule has 0 unspecified atom stereocenters. The molecule has 0 fully saturated rings. The summed E-state index contributed by atoms with van der Waals surface area (Å²) in [5, 5.41) is 11.5. The van der Waals surface area contributed by atoms with Crippen LogP contribution in [-0.4, -0.2) is 25.2 Å². The van der Waals surface area contributed by atoms with Gasteiger partial charge in [-0.3, -0.25) is 14.9 Å². The summed E-state index contributed by atoms with van der Waals surface area (Å²) in [7, 11) is -4.69. The van der Waals surface area contributed by atoms with Gasteiger partial charge in [-0.2, -0.15) is 4.31 Å². The molecule has 0 saturated carbocycles. The number of hydrogen-bond acceptors (Lipinski definition) is 8. The summed E-state index contributed by atoms with van der Waals surface area (Å²) >= 11 is 0. The zero-order valence-electron chi connectivity index (χ0n) is 18.5. The van der Waals surface area contributed by atoms with Gasteiger partial charge in [-0.15, -0.1) is 0 Å². The van der Waals surface area contributed by atoms with E-state index in [4.69, 9.17) is 9.15 Å². The Morgan fingerprint density at radius 2 is 1.71 bits per heavy atom. The van der Waals surface area contributed by atoms with Crippen molar-refractivity contribution in [2.75, 3.05) is 4.31 Å². The van der Waals surface area contributed by atoms with E-state index in [1.54, 1.807) is 25.1 Å². The number of nitro benzene ring substituents is 1. The summed E-state index contributed by atoms with van der Waals surface area (Å²) in [6.45, 7) is 2.93. The van der Waals surface area contributed by atoms with Gasteiger partial charge >= 0.3 is 6.09 Å². The van der Waals surface area contributed by atoms with Crippen molar-refractivity contribution in [3.05, 3.63) is 94.2 Å². The van der Waals surface area contributed by atoms with Crippen LogP contribution in [0.15, 0.2) is 82.1 Å². The molecule has 178 valence electrons. The van der Waals surface area contributed by atoms with Crippen LogP contribution in [0, 0.1) is 17.0 Å². The zero-order chi connectivity index (χ0) is 25.3. The molecule has 35 heavy (non-hydrogen) atoms. The van der Waals surface area contributed by atoms with Crippen molar-refractivity contribution in [1.82, 2.24) is 0 Å². The Kier molecular flexibility index (Phi) is 6.10. The summed E-state index contributed by atoms with van der Waals surface area (Å²) in [5.41, 5.74) is -0.0537. The lowest BCUT2D eigenvalue weighted by Crippen LogP contribution is -2.39. The maximum atomic E-state index is 13.6. The molecule has 1 heterocycles. The first kappa shape index (κ1) is 23.6. The van der Waals surface area contributed by atoms with Gasteiger partial charge in [0.25, 0.3) is 15.7 Å². The molecule has 0 bridgehead atoms. The first-order chi connectivity index (χ1) is 16.6. The van der Waals surface area contributed by atoms with E-state index in [-0.39, 0.29) is 22.8 Å². The third-order valence-corrected chi connectivity index (χ3v) is 6.81. The summed E-state index contributed by atoms with van der Waals surface area (Å²) in [6, 6.07) is 16.2. The molecular formula is C24H18N2O8S. The number of non-ortho nitro benzene ring substituents is 1. The number of anilines is 1. The SMILES string of the molecule is CC(=O)c1c(C)oc2ccc(N(C(=O)Oc3ccccc3)S(=O)(=O)c3cccc([N+](=O)[O-])c3)cc12. The maximum absolute atomic E-state index is 13.6. The average molecular weight is 494 g/mol. The number of Topliss-reactive ketones (excluding diaryl/α,β-unsaturated/α-hetero) is 1. The molecule has 0 spiro atoms. The highest BCUT2D eigenvalue weighted by Crippen LogP contribution is 2.33. The number of amides is 1. The zero-order valence-corrected chi connectivity index (χ0v) is 19.3. The highest BCUT2D eigenvalue weighted by molar-refractivity contribution is 7.93. The van der Waals surface area contributed by atoms with Crippen LogP contribution in [0.5, 0.6) is 5.75 Å². The van der Waals surface area contributed by atoms with Crippen LogP contribution >= 0.6 is 0 Å². The number of fused-ring (bicyclic) bond motifs is 1. The van der Waals surface area contributed by atoms with Crippen molar-refractivity contribution in [1.29, 1.82) is 0 Å². The Morgan fingerprint density at radius 3 is 2.37 bits per heavy atom. The van der Waals surface area contributed by atoms with Gasteiger partial charge in [0.1, 0.15) is 17.1 Å². The van der Waals surface area contributed by atoms with Crippen LogP contribution in [0.4, 0.5) is 16.2 Å². The highest BCUT2D eigenvalue weighted by Gasteiger charge is 2.34. The van der Waals surface area contributed by atoms with Gasteiger partial charge in [-0.05, 0) is 50.2 Å². The lowest BCUT2D eigenvalue weighted by Gasteiger charge is -2.22. The van der Waals surface area contributed by atoms with Crippen LogP contribution in [0.25, 0.3) is 11.0 Å². The quantitative estimate of drug-likeness (QED) is 0.201. The van der Waals surface area contributed by atoms with Gasteiger partial charge in [0.2, 0.25) is 0 Å². The molecule has 1 aromatic heterocycles. The third kappa shape index (κ3) is 4.49. The van der Waals surface area contributed by atoms with Crippen LogP contribution in [0.2, 0.25) is 0 Å². The fraction of sp³-hybridized carbons (Fsp3) is 0.0833. The predicted octanol–water partition coefficient (Wildman–Crippen LogP) is 5.25. The molecule has 0 radical (unpaired) electrons. The van der Waals surface area contributed by atoms with Gasteiger partial charge in [0.15, 0.2) is 5.78 Å². The van der Waals surface area contributed by atoms with Crippen LogP contribution in [0.3, 0.4) is 0 Å². The molecule has 0 atom stereocenters. The maximum Gasteiger partial charge on any atom is 0.434 e. The normalized spacial score (nSPS) is 11.3. The number of nitro groups is 1. The number of carbonyl (C=O) groups excluding carboxylic acids is 2. The van der Waals surface area contributed by atoms with E-state index in [1.165, 1.54) is 43.3 Å². The number of ether oxygens (including phenoxy) is 1. The second-order valence-electron chi connectivity index (χ2n) is 7.47. The number of nitrogens with zero attached hydrogens (tertiary/aromatic N) is 2. The number of para-hydroxylation sites is 1. The largest absolute Gasteiger partial charge is 0.461 e. The minimum atomic E-state index is -4.69. The predicted molar refractivity (Wildman–Crippen MR) is 126 cm³/mol. The molecule has 10 nitrogen and oxygen atoms in total. The van der Waals surface area contributed by atoms with E-state index < -0.39 is 31.6 Å². The molecule has 0 aliphatic heterocycles. The molecule has 4 aromatic rings. The number of benzene rings is 3. The van der Waals surface area contributed by atoms with E-state index in [2.05, 4.69) is 0 Å². The molecule has 11 heteroatoms. The minimum absolute atomic E-state index is 0.0846. The number of aryl methyl sites for hydroxylation is 1. The number of carbonyl (C=O) groups is 2. The van der Waals surface area contributed by atoms with Crippen molar-refractivity contribution in [2.45, 2.75) is 18.7 Å². The number of sulfonamides is 1. The molecule has 1 amide bonds. The number of furan rings is 1. The van der Waals surface area contributed by atoms with Gasteiger partial charge in [-0.25, -0.2) is 13.2 Å². The lowest BCUT2D eigenvalue weighted by atomic mass is 10.1. The van der Waals surface area contributed by atoms with Crippen LogP contribution in [0.1, 0.15) is 23.0 Å². The first-order valence-electron chi connectivity index (χ1n) is 10.2. The average Bonchev–Trinajstić information content (AvgIpc) is 3.15. The van der Waals surface area contributed by atoms with Crippen LogP contribution in [-0.2, 0) is 10.0 Å². The second-order valence-corrected chi connectivity index (χ2v) is 9.26. The van der Waals surface area contributed by atoms with E-state index >= 15 is 0 Å².